The van der Waals surface area contributed by atoms with Crippen molar-refractivity contribution in [2.45, 2.75) is 13.5 Å². The molecule has 1 aromatic heterocycles. The highest BCUT2D eigenvalue weighted by atomic mass is 16.5. The molecule has 0 unspecified atom stereocenters. The lowest BCUT2D eigenvalue weighted by atomic mass is 10.1. The van der Waals surface area contributed by atoms with Gasteiger partial charge in [0.05, 0.1) is 12.8 Å². The molecule has 140 valence electrons. The van der Waals surface area contributed by atoms with E-state index in [4.69, 9.17) is 4.74 Å². The van der Waals surface area contributed by atoms with Crippen LogP contribution in [0.25, 0.3) is 11.3 Å². The number of hydrogen-bond donors (Lipinski definition) is 1. The maximum atomic E-state index is 12.1. The van der Waals surface area contributed by atoms with Gasteiger partial charge in [0.1, 0.15) is 19.0 Å². The molecule has 0 bridgehead atoms. The highest BCUT2D eigenvalue weighted by Crippen LogP contribution is 2.19. The van der Waals surface area contributed by atoms with Crippen LogP contribution in [0.15, 0.2) is 71.0 Å². The first-order valence-corrected chi connectivity index (χ1v) is 8.33. The van der Waals surface area contributed by atoms with Crippen LogP contribution in [-0.4, -0.2) is 35.2 Å². The lowest BCUT2D eigenvalue weighted by Gasteiger charge is -2.08. The summed E-state index contributed by atoms with van der Waals surface area (Å²) in [5.74, 6) is 0.381. The Balaban J connectivity index is 2.05. The zero-order chi connectivity index (χ0) is 19.6. The summed E-state index contributed by atoms with van der Waals surface area (Å²) >= 11 is 0. The number of carbonyl (C=O) groups is 1. The van der Waals surface area contributed by atoms with E-state index < -0.39 is 0 Å². The molecule has 2 rings (SSSR count). The van der Waals surface area contributed by atoms with Crippen LogP contribution in [0.1, 0.15) is 6.92 Å². The fourth-order valence-electron chi connectivity index (χ4n) is 2.18. The van der Waals surface area contributed by atoms with E-state index in [0.717, 1.165) is 21.7 Å². The zero-order valence-corrected chi connectivity index (χ0v) is 15.4. The monoisotopic (exact) mass is 366 g/mol. The molecule has 0 fully saturated rings. The number of rotatable bonds is 8. The van der Waals surface area contributed by atoms with Gasteiger partial charge in [-0.25, -0.2) is 4.68 Å². The van der Waals surface area contributed by atoms with Crippen molar-refractivity contribution in [3.05, 3.63) is 71.6 Å². The summed E-state index contributed by atoms with van der Waals surface area (Å²) in [6.07, 6.45) is 5.18. The van der Waals surface area contributed by atoms with Crippen LogP contribution in [0.2, 0.25) is 0 Å². The van der Waals surface area contributed by atoms with Crippen LogP contribution in [0.5, 0.6) is 5.75 Å². The zero-order valence-electron chi connectivity index (χ0n) is 15.4. The van der Waals surface area contributed by atoms with Crippen molar-refractivity contribution in [1.82, 2.24) is 15.1 Å². The van der Waals surface area contributed by atoms with Gasteiger partial charge in [0, 0.05) is 17.3 Å². The fraction of sp³-hybridized carbons (Fsp3) is 0.200. The number of nitrogens with one attached hydrogen (secondary N) is 1. The van der Waals surface area contributed by atoms with E-state index in [-0.39, 0.29) is 24.7 Å². The molecule has 0 aliphatic rings. The Morgan fingerprint density at radius 3 is 2.70 bits per heavy atom. The van der Waals surface area contributed by atoms with Gasteiger partial charge >= 0.3 is 0 Å². The Bertz CT molecular complexity index is 912. The van der Waals surface area contributed by atoms with Crippen molar-refractivity contribution in [1.29, 1.82) is 0 Å². The number of carbonyl (C=O) groups excluding carboxylic acids is 1. The fourth-order valence-corrected chi connectivity index (χ4v) is 2.18. The standard InChI is InChI=1S/C20H22N4O3/c1-4-5-6-15(2)21-14-22-19(25)13-24-20(26)12-11-18(23-24)16-7-9-17(27-3)10-8-16/h4-12H,1,13-14H2,2-3H3,(H,22,25)/b6-5-,21-15-. The van der Waals surface area contributed by atoms with E-state index >= 15 is 0 Å². The topological polar surface area (TPSA) is 85.6 Å². The molecular weight excluding hydrogens is 344 g/mol. The molecule has 1 amide bonds. The van der Waals surface area contributed by atoms with Gasteiger partial charge in [-0.3, -0.25) is 14.6 Å². The molecule has 0 aliphatic heterocycles. The minimum Gasteiger partial charge on any atom is -0.497 e. The van der Waals surface area contributed by atoms with Crippen molar-refractivity contribution in [3.8, 4) is 17.0 Å². The summed E-state index contributed by atoms with van der Waals surface area (Å²) in [7, 11) is 1.59. The molecule has 7 heteroatoms. The maximum Gasteiger partial charge on any atom is 0.267 e. The Kier molecular flexibility index (Phi) is 7.25. The number of aliphatic imine (C=N–C) groups is 1. The van der Waals surface area contributed by atoms with Gasteiger partial charge in [-0.15, -0.1) is 0 Å². The largest absolute Gasteiger partial charge is 0.497 e. The minimum absolute atomic E-state index is 0.124. The first-order valence-electron chi connectivity index (χ1n) is 8.33. The smallest absolute Gasteiger partial charge is 0.267 e. The maximum absolute atomic E-state index is 12.1. The number of allylic oxidation sites excluding steroid dienone is 3. The van der Waals surface area contributed by atoms with E-state index in [9.17, 15) is 9.59 Å². The van der Waals surface area contributed by atoms with Crippen LogP contribution in [0.3, 0.4) is 0 Å². The van der Waals surface area contributed by atoms with E-state index in [1.165, 1.54) is 6.07 Å². The van der Waals surface area contributed by atoms with Gasteiger partial charge < -0.3 is 10.1 Å². The number of ether oxygens (including phenoxy) is 1. The summed E-state index contributed by atoms with van der Waals surface area (Å²) in [6.45, 7) is 5.34. The van der Waals surface area contributed by atoms with Gasteiger partial charge in [0.15, 0.2) is 0 Å². The number of nitrogens with zero attached hydrogens (tertiary/aromatic N) is 3. The Morgan fingerprint density at radius 1 is 1.30 bits per heavy atom. The van der Waals surface area contributed by atoms with Crippen molar-refractivity contribution >= 4 is 11.6 Å². The Labute approximate surface area is 157 Å². The highest BCUT2D eigenvalue weighted by Gasteiger charge is 2.08. The van der Waals surface area contributed by atoms with Gasteiger partial charge in [-0.05, 0) is 43.3 Å². The van der Waals surface area contributed by atoms with Crippen LogP contribution >= 0.6 is 0 Å². The third-order valence-electron chi connectivity index (χ3n) is 3.62. The SMILES string of the molecule is C=C/C=C\C(C)=N/CNC(=O)Cn1nc(-c2ccc(OC)cc2)ccc1=O. The number of hydrogen-bond acceptors (Lipinski definition) is 5. The Hall–Kier alpha value is -3.48. The number of aromatic nitrogens is 2. The molecule has 1 N–H and O–H groups in total. The van der Waals surface area contributed by atoms with E-state index in [1.807, 2.05) is 19.1 Å². The quantitative estimate of drug-likeness (QED) is 0.573. The molecule has 27 heavy (non-hydrogen) atoms. The van der Waals surface area contributed by atoms with Crippen LogP contribution in [0, 0.1) is 0 Å². The predicted octanol–water partition coefficient (Wildman–Crippen LogP) is 2.20. The van der Waals surface area contributed by atoms with Gasteiger partial charge in [-0.1, -0.05) is 18.7 Å². The number of methoxy groups -OCH3 is 1. The average molecular weight is 366 g/mol. The van der Waals surface area contributed by atoms with Gasteiger partial charge in [0.25, 0.3) is 5.56 Å². The first kappa shape index (κ1) is 19.8. The highest BCUT2D eigenvalue weighted by molar-refractivity contribution is 5.93. The lowest BCUT2D eigenvalue weighted by molar-refractivity contribution is -0.121. The normalized spacial score (nSPS) is 11.4. The predicted molar refractivity (Wildman–Crippen MR) is 106 cm³/mol. The molecule has 1 heterocycles. The number of benzene rings is 1. The van der Waals surface area contributed by atoms with E-state index in [1.54, 1.807) is 43.5 Å². The molecule has 0 atom stereocenters. The third-order valence-corrected chi connectivity index (χ3v) is 3.62. The van der Waals surface area contributed by atoms with Crippen LogP contribution in [0.4, 0.5) is 0 Å². The number of amides is 1. The summed E-state index contributed by atoms with van der Waals surface area (Å²) < 4.78 is 6.26. The summed E-state index contributed by atoms with van der Waals surface area (Å²) in [4.78, 5) is 28.2. The van der Waals surface area contributed by atoms with Crippen LogP contribution < -0.4 is 15.6 Å². The molecule has 7 nitrogen and oxygen atoms in total. The van der Waals surface area contributed by atoms with Gasteiger partial charge in [0.2, 0.25) is 5.91 Å². The summed E-state index contributed by atoms with van der Waals surface area (Å²) in [5.41, 5.74) is 1.82. The van der Waals surface area contributed by atoms with Crippen LogP contribution in [-0.2, 0) is 11.3 Å². The van der Waals surface area contributed by atoms with E-state index in [0.29, 0.717) is 5.69 Å². The minimum atomic E-state index is -0.351. The molecule has 0 spiro atoms. The summed E-state index contributed by atoms with van der Waals surface area (Å²) in [6, 6.07) is 10.3. The molecule has 0 radical (unpaired) electrons. The van der Waals surface area contributed by atoms with Gasteiger partial charge in [-0.2, -0.15) is 5.10 Å². The second-order valence-electron chi connectivity index (χ2n) is 5.60. The Morgan fingerprint density at radius 2 is 2.04 bits per heavy atom. The second kappa shape index (κ2) is 9.86. The average Bonchev–Trinajstić information content (AvgIpc) is 2.68. The summed E-state index contributed by atoms with van der Waals surface area (Å²) in [5, 5.41) is 6.90. The van der Waals surface area contributed by atoms with Crippen molar-refractivity contribution in [3.63, 3.8) is 0 Å². The molecule has 1 aromatic carbocycles. The molecular formula is C20H22N4O3. The second-order valence-corrected chi connectivity index (χ2v) is 5.60. The van der Waals surface area contributed by atoms with E-state index in [2.05, 4.69) is 22.0 Å². The molecule has 0 saturated heterocycles. The first-order chi connectivity index (χ1) is 13.0. The lowest BCUT2D eigenvalue weighted by Crippen LogP contribution is -2.33. The molecule has 0 aliphatic carbocycles. The van der Waals surface area contributed by atoms with Crippen molar-refractivity contribution in [2.75, 3.05) is 13.8 Å². The van der Waals surface area contributed by atoms with Crippen molar-refractivity contribution < 1.29 is 9.53 Å². The third kappa shape index (κ3) is 6.07. The van der Waals surface area contributed by atoms with Crippen molar-refractivity contribution in [2.24, 2.45) is 4.99 Å². The molecule has 2 aromatic rings. The molecule has 0 saturated carbocycles.